The van der Waals surface area contributed by atoms with E-state index in [2.05, 4.69) is 10.6 Å². The van der Waals surface area contributed by atoms with Gasteiger partial charge in [0.2, 0.25) is 5.91 Å². The maximum atomic E-state index is 13.7. The van der Waals surface area contributed by atoms with Crippen molar-refractivity contribution in [3.63, 3.8) is 0 Å². The SMILES string of the molecule is CCOc1ccc(CNC(=O)[C@H]2NCCO[C@@H]2C)cc1F. The van der Waals surface area contributed by atoms with E-state index in [4.69, 9.17) is 9.47 Å². The molecule has 0 bridgehead atoms. The number of rotatable bonds is 5. The second-order valence-corrected chi connectivity index (χ2v) is 4.92. The van der Waals surface area contributed by atoms with Crippen molar-refractivity contribution in [3.8, 4) is 5.75 Å². The van der Waals surface area contributed by atoms with Crippen molar-refractivity contribution in [2.75, 3.05) is 19.8 Å². The van der Waals surface area contributed by atoms with E-state index in [1.807, 2.05) is 6.92 Å². The fourth-order valence-corrected chi connectivity index (χ4v) is 2.25. The second-order valence-electron chi connectivity index (χ2n) is 4.92. The van der Waals surface area contributed by atoms with E-state index < -0.39 is 5.82 Å². The molecule has 0 radical (unpaired) electrons. The van der Waals surface area contributed by atoms with E-state index in [9.17, 15) is 9.18 Å². The van der Waals surface area contributed by atoms with Gasteiger partial charge in [-0.15, -0.1) is 0 Å². The molecule has 116 valence electrons. The highest BCUT2D eigenvalue weighted by atomic mass is 19.1. The summed E-state index contributed by atoms with van der Waals surface area (Å²) in [6.45, 7) is 5.60. The Morgan fingerprint density at radius 2 is 2.38 bits per heavy atom. The number of halogens is 1. The van der Waals surface area contributed by atoms with Gasteiger partial charge < -0.3 is 20.1 Å². The van der Waals surface area contributed by atoms with E-state index in [0.29, 0.717) is 25.3 Å². The van der Waals surface area contributed by atoms with Gasteiger partial charge in [-0.3, -0.25) is 4.79 Å². The Kier molecular flexibility index (Phi) is 5.52. The number of amides is 1. The molecule has 2 rings (SSSR count). The monoisotopic (exact) mass is 296 g/mol. The van der Waals surface area contributed by atoms with Crippen LogP contribution in [0.4, 0.5) is 4.39 Å². The van der Waals surface area contributed by atoms with Crippen LogP contribution in [-0.4, -0.2) is 37.8 Å². The molecular formula is C15H21FN2O3. The lowest BCUT2D eigenvalue weighted by molar-refractivity contribution is -0.129. The first-order valence-corrected chi connectivity index (χ1v) is 7.15. The van der Waals surface area contributed by atoms with Crippen LogP contribution in [0.1, 0.15) is 19.4 Å². The molecule has 1 heterocycles. The molecule has 1 fully saturated rings. The minimum atomic E-state index is -0.420. The predicted octanol–water partition coefficient (Wildman–Crippen LogP) is 1.22. The Hall–Kier alpha value is -1.66. The van der Waals surface area contributed by atoms with Crippen molar-refractivity contribution in [1.29, 1.82) is 0 Å². The van der Waals surface area contributed by atoms with Crippen molar-refractivity contribution in [2.45, 2.75) is 32.5 Å². The summed E-state index contributed by atoms with van der Waals surface area (Å²) in [5.41, 5.74) is 0.689. The number of benzene rings is 1. The number of carbonyl (C=O) groups is 1. The standard InChI is InChI=1S/C15H21FN2O3/c1-3-20-13-5-4-11(8-12(13)16)9-18-15(19)14-10(2)21-7-6-17-14/h4-5,8,10,14,17H,3,6-7,9H2,1-2H3,(H,18,19)/t10-,14+/m1/s1. The minimum absolute atomic E-state index is 0.142. The van der Waals surface area contributed by atoms with Crippen LogP contribution in [0.2, 0.25) is 0 Å². The smallest absolute Gasteiger partial charge is 0.240 e. The Balaban J connectivity index is 1.90. The Labute approximate surface area is 123 Å². The van der Waals surface area contributed by atoms with Crippen molar-refractivity contribution >= 4 is 5.91 Å². The lowest BCUT2D eigenvalue weighted by atomic mass is 10.1. The molecule has 0 saturated carbocycles. The van der Waals surface area contributed by atoms with Gasteiger partial charge in [-0.25, -0.2) is 4.39 Å². The number of hydrogen-bond donors (Lipinski definition) is 2. The van der Waals surface area contributed by atoms with Gasteiger partial charge in [0.25, 0.3) is 0 Å². The zero-order valence-electron chi connectivity index (χ0n) is 12.3. The van der Waals surface area contributed by atoms with Crippen LogP contribution in [0, 0.1) is 5.82 Å². The first kappa shape index (κ1) is 15.7. The van der Waals surface area contributed by atoms with Crippen molar-refractivity contribution in [3.05, 3.63) is 29.6 Å². The van der Waals surface area contributed by atoms with E-state index in [-0.39, 0.29) is 30.3 Å². The lowest BCUT2D eigenvalue weighted by Gasteiger charge is -2.29. The number of ether oxygens (including phenoxy) is 2. The second kappa shape index (κ2) is 7.38. The molecule has 1 amide bonds. The van der Waals surface area contributed by atoms with Gasteiger partial charge in [0.05, 0.1) is 19.3 Å². The number of nitrogens with one attached hydrogen (secondary N) is 2. The molecule has 21 heavy (non-hydrogen) atoms. The number of hydrogen-bond acceptors (Lipinski definition) is 4. The third kappa shape index (κ3) is 4.15. The average Bonchev–Trinajstić information content (AvgIpc) is 2.48. The van der Waals surface area contributed by atoms with Crippen molar-refractivity contribution in [1.82, 2.24) is 10.6 Å². The van der Waals surface area contributed by atoms with Gasteiger partial charge in [0, 0.05) is 13.1 Å². The first-order valence-electron chi connectivity index (χ1n) is 7.15. The quantitative estimate of drug-likeness (QED) is 0.858. The maximum Gasteiger partial charge on any atom is 0.240 e. The summed E-state index contributed by atoms with van der Waals surface area (Å²) in [7, 11) is 0. The van der Waals surface area contributed by atoms with Gasteiger partial charge in [0.1, 0.15) is 6.04 Å². The van der Waals surface area contributed by atoms with Gasteiger partial charge in [0.15, 0.2) is 11.6 Å². The fourth-order valence-electron chi connectivity index (χ4n) is 2.25. The van der Waals surface area contributed by atoms with Gasteiger partial charge in [-0.2, -0.15) is 0 Å². The molecule has 1 saturated heterocycles. The first-order chi connectivity index (χ1) is 10.1. The van der Waals surface area contributed by atoms with Crippen LogP contribution in [0.5, 0.6) is 5.75 Å². The molecule has 1 aromatic rings. The Bertz CT molecular complexity index is 496. The number of morpholine rings is 1. The van der Waals surface area contributed by atoms with Crippen LogP contribution in [0.25, 0.3) is 0 Å². The molecule has 1 aliphatic rings. The number of carbonyl (C=O) groups excluding carboxylic acids is 1. The van der Waals surface area contributed by atoms with Gasteiger partial charge in [-0.1, -0.05) is 6.07 Å². The van der Waals surface area contributed by atoms with Gasteiger partial charge in [-0.05, 0) is 31.5 Å². The largest absolute Gasteiger partial charge is 0.491 e. The molecule has 1 aliphatic heterocycles. The molecule has 0 spiro atoms. The van der Waals surface area contributed by atoms with E-state index in [1.165, 1.54) is 6.07 Å². The van der Waals surface area contributed by atoms with Crippen molar-refractivity contribution in [2.24, 2.45) is 0 Å². The summed E-state index contributed by atoms with van der Waals surface area (Å²) in [6.07, 6.45) is -0.171. The third-order valence-electron chi connectivity index (χ3n) is 3.36. The molecule has 1 aromatic carbocycles. The van der Waals surface area contributed by atoms with Gasteiger partial charge >= 0.3 is 0 Å². The molecule has 6 heteroatoms. The third-order valence-corrected chi connectivity index (χ3v) is 3.36. The fraction of sp³-hybridized carbons (Fsp3) is 0.533. The Morgan fingerprint density at radius 1 is 1.57 bits per heavy atom. The highest BCUT2D eigenvalue weighted by Crippen LogP contribution is 2.18. The summed E-state index contributed by atoms with van der Waals surface area (Å²) < 4.78 is 24.3. The summed E-state index contributed by atoms with van der Waals surface area (Å²) in [4.78, 5) is 12.1. The molecule has 2 atom stereocenters. The van der Waals surface area contributed by atoms with E-state index in [0.717, 1.165) is 0 Å². The topological polar surface area (TPSA) is 59.6 Å². The normalized spacial score (nSPS) is 21.9. The lowest BCUT2D eigenvalue weighted by Crippen LogP contribution is -2.55. The molecule has 0 aromatic heterocycles. The predicted molar refractivity (Wildman–Crippen MR) is 76.6 cm³/mol. The summed E-state index contributed by atoms with van der Waals surface area (Å²) in [5.74, 6) is -0.337. The summed E-state index contributed by atoms with van der Waals surface area (Å²) in [5, 5.41) is 5.90. The van der Waals surface area contributed by atoms with Crippen LogP contribution in [0.3, 0.4) is 0 Å². The molecule has 2 N–H and O–H groups in total. The molecular weight excluding hydrogens is 275 g/mol. The zero-order chi connectivity index (χ0) is 15.2. The molecule has 5 nitrogen and oxygen atoms in total. The van der Waals surface area contributed by atoms with Crippen molar-refractivity contribution < 1.29 is 18.7 Å². The van der Waals surface area contributed by atoms with Crippen LogP contribution in [-0.2, 0) is 16.1 Å². The summed E-state index contributed by atoms with van der Waals surface area (Å²) >= 11 is 0. The van der Waals surface area contributed by atoms with Crippen LogP contribution >= 0.6 is 0 Å². The average molecular weight is 296 g/mol. The highest BCUT2D eigenvalue weighted by molar-refractivity contribution is 5.82. The Morgan fingerprint density at radius 3 is 3.05 bits per heavy atom. The van der Waals surface area contributed by atoms with E-state index in [1.54, 1.807) is 19.1 Å². The molecule has 0 aliphatic carbocycles. The zero-order valence-corrected chi connectivity index (χ0v) is 12.3. The van der Waals surface area contributed by atoms with E-state index >= 15 is 0 Å². The minimum Gasteiger partial charge on any atom is -0.491 e. The molecule has 0 unspecified atom stereocenters. The highest BCUT2D eigenvalue weighted by Gasteiger charge is 2.27. The maximum absolute atomic E-state index is 13.7. The van der Waals surface area contributed by atoms with Crippen LogP contribution < -0.4 is 15.4 Å². The summed E-state index contributed by atoms with van der Waals surface area (Å²) in [6, 6.07) is 4.32. The van der Waals surface area contributed by atoms with Crippen LogP contribution in [0.15, 0.2) is 18.2 Å².